The van der Waals surface area contributed by atoms with E-state index in [2.05, 4.69) is 0 Å². The number of carbonyl (C=O) groups is 1. The summed E-state index contributed by atoms with van der Waals surface area (Å²) in [7, 11) is 1.27. The van der Waals surface area contributed by atoms with Crippen molar-refractivity contribution in [3.05, 3.63) is 77.1 Å². The SMILES string of the molecule is COC(=O)c1c(N)c(C#N)cn1-c1ccc(OCc2ccc(C)cc2)cc1. The fourth-order valence-corrected chi connectivity index (χ4v) is 2.67. The van der Waals surface area contributed by atoms with E-state index >= 15 is 0 Å². The van der Waals surface area contributed by atoms with E-state index in [1.807, 2.05) is 37.3 Å². The van der Waals surface area contributed by atoms with Gasteiger partial charge < -0.3 is 19.8 Å². The first-order valence-corrected chi connectivity index (χ1v) is 8.31. The van der Waals surface area contributed by atoms with Crippen LogP contribution in [0.1, 0.15) is 27.2 Å². The minimum Gasteiger partial charge on any atom is -0.489 e. The molecule has 0 amide bonds. The summed E-state index contributed by atoms with van der Waals surface area (Å²) in [6.07, 6.45) is 1.52. The summed E-state index contributed by atoms with van der Waals surface area (Å²) >= 11 is 0. The van der Waals surface area contributed by atoms with Crippen molar-refractivity contribution < 1.29 is 14.3 Å². The maximum atomic E-state index is 12.1. The third-order valence-corrected chi connectivity index (χ3v) is 4.18. The Labute approximate surface area is 157 Å². The van der Waals surface area contributed by atoms with Crippen molar-refractivity contribution in [3.63, 3.8) is 0 Å². The number of methoxy groups -OCH3 is 1. The minimum atomic E-state index is -0.603. The van der Waals surface area contributed by atoms with E-state index in [1.54, 1.807) is 28.8 Å². The number of rotatable bonds is 5. The van der Waals surface area contributed by atoms with Gasteiger partial charge in [-0.05, 0) is 36.8 Å². The van der Waals surface area contributed by atoms with Crippen LogP contribution in [0.5, 0.6) is 5.75 Å². The Bertz CT molecular complexity index is 997. The van der Waals surface area contributed by atoms with E-state index in [1.165, 1.54) is 18.9 Å². The predicted molar refractivity (Wildman–Crippen MR) is 102 cm³/mol. The molecule has 0 atom stereocenters. The molecule has 1 heterocycles. The van der Waals surface area contributed by atoms with Crippen LogP contribution in [0.3, 0.4) is 0 Å². The number of hydrogen-bond acceptors (Lipinski definition) is 5. The highest BCUT2D eigenvalue weighted by atomic mass is 16.5. The largest absolute Gasteiger partial charge is 0.489 e. The van der Waals surface area contributed by atoms with Crippen molar-refractivity contribution >= 4 is 11.7 Å². The van der Waals surface area contributed by atoms with Gasteiger partial charge in [0.1, 0.15) is 18.4 Å². The predicted octanol–water partition coefficient (Wildman–Crippen LogP) is 3.61. The molecule has 2 N–H and O–H groups in total. The molecule has 6 nitrogen and oxygen atoms in total. The van der Waals surface area contributed by atoms with Crippen LogP contribution in [0.4, 0.5) is 5.69 Å². The molecule has 0 fully saturated rings. The van der Waals surface area contributed by atoms with E-state index in [0.717, 1.165) is 5.56 Å². The molecule has 0 spiro atoms. The third-order valence-electron chi connectivity index (χ3n) is 4.18. The third kappa shape index (κ3) is 3.77. The van der Waals surface area contributed by atoms with Gasteiger partial charge in [0.05, 0.1) is 18.4 Å². The van der Waals surface area contributed by atoms with Gasteiger partial charge in [-0.1, -0.05) is 29.8 Å². The van der Waals surface area contributed by atoms with E-state index in [-0.39, 0.29) is 16.9 Å². The molecule has 2 aromatic carbocycles. The Kier molecular flexibility index (Phi) is 5.13. The monoisotopic (exact) mass is 361 g/mol. The molecule has 0 aliphatic heterocycles. The summed E-state index contributed by atoms with van der Waals surface area (Å²) in [5.41, 5.74) is 9.31. The lowest BCUT2D eigenvalue weighted by Gasteiger charge is -2.10. The molecule has 3 rings (SSSR count). The Balaban J connectivity index is 1.82. The van der Waals surface area contributed by atoms with Gasteiger partial charge in [-0.15, -0.1) is 0 Å². The number of ether oxygens (including phenoxy) is 2. The molecule has 0 radical (unpaired) electrons. The van der Waals surface area contributed by atoms with Gasteiger partial charge in [-0.25, -0.2) is 4.79 Å². The minimum absolute atomic E-state index is 0.101. The molecule has 6 heteroatoms. The van der Waals surface area contributed by atoms with Crippen molar-refractivity contribution in [2.75, 3.05) is 12.8 Å². The molecule has 0 saturated carbocycles. The summed E-state index contributed by atoms with van der Waals surface area (Å²) in [4.78, 5) is 12.1. The second-order valence-corrected chi connectivity index (χ2v) is 6.05. The maximum absolute atomic E-state index is 12.1. The average Bonchev–Trinajstić information content (AvgIpc) is 3.03. The first-order chi connectivity index (χ1) is 13.0. The van der Waals surface area contributed by atoms with E-state index in [4.69, 9.17) is 15.2 Å². The number of nitrogens with two attached hydrogens (primary N) is 1. The summed E-state index contributed by atoms with van der Waals surface area (Å²) in [6, 6.07) is 17.3. The molecule has 0 bridgehead atoms. The van der Waals surface area contributed by atoms with Crippen LogP contribution < -0.4 is 10.5 Å². The molecule has 3 aromatic rings. The number of anilines is 1. The number of nitriles is 1. The summed E-state index contributed by atoms with van der Waals surface area (Å²) in [6.45, 7) is 2.50. The number of nitrogen functional groups attached to an aromatic ring is 1. The fourth-order valence-electron chi connectivity index (χ4n) is 2.67. The van der Waals surface area contributed by atoms with E-state index in [0.29, 0.717) is 18.0 Å². The zero-order chi connectivity index (χ0) is 19.4. The first-order valence-electron chi connectivity index (χ1n) is 8.31. The number of benzene rings is 2. The van der Waals surface area contributed by atoms with Gasteiger partial charge in [-0.3, -0.25) is 0 Å². The zero-order valence-electron chi connectivity index (χ0n) is 15.1. The smallest absolute Gasteiger partial charge is 0.357 e. The number of nitrogens with zero attached hydrogens (tertiary/aromatic N) is 2. The molecule has 0 saturated heterocycles. The fraction of sp³-hybridized carbons (Fsp3) is 0.143. The first kappa shape index (κ1) is 18.1. The molecule has 0 unspecified atom stereocenters. The Morgan fingerprint density at radius 3 is 2.41 bits per heavy atom. The second kappa shape index (κ2) is 7.67. The number of esters is 1. The van der Waals surface area contributed by atoms with Crippen LogP contribution in [-0.2, 0) is 11.3 Å². The van der Waals surface area contributed by atoms with Gasteiger partial charge in [0.2, 0.25) is 0 Å². The highest BCUT2D eigenvalue weighted by Gasteiger charge is 2.21. The topological polar surface area (TPSA) is 90.3 Å². The summed E-state index contributed by atoms with van der Waals surface area (Å²) in [5.74, 6) is 0.0910. The number of carbonyl (C=O) groups excluding carboxylic acids is 1. The van der Waals surface area contributed by atoms with Crippen LogP contribution in [0.15, 0.2) is 54.7 Å². The number of hydrogen-bond donors (Lipinski definition) is 1. The standard InChI is InChI=1S/C21H19N3O3/c1-14-3-5-15(6-4-14)13-27-18-9-7-17(8-10-18)24-12-16(11-22)19(23)20(24)21(25)26-2/h3-10,12H,13,23H2,1-2H3. The van der Waals surface area contributed by atoms with Crippen LogP contribution >= 0.6 is 0 Å². The lowest BCUT2D eigenvalue weighted by atomic mass is 10.2. The Morgan fingerprint density at radius 1 is 1.15 bits per heavy atom. The van der Waals surface area contributed by atoms with Crippen molar-refractivity contribution in [1.29, 1.82) is 5.26 Å². The van der Waals surface area contributed by atoms with Crippen LogP contribution in [0, 0.1) is 18.3 Å². The van der Waals surface area contributed by atoms with Gasteiger partial charge in [0, 0.05) is 11.9 Å². The molecule has 0 aliphatic carbocycles. The van der Waals surface area contributed by atoms with Crippen LogP contribution in [0.2, 0.25) is 0 Å². The molecule has 136 valence electrons. The van der Waals surface area contributed by atoms with E-state index in [9.17, 15) is 10.1 Å². The van der Waals surface area contributed by atoms with Crippen LogP contribution in [-0.4, -0.2) is 17.6 Å². The van der Waals surface area contributed by atoms with E-state index < -0.39 is 5.97 Å². The average molecular weight is 361 g/mol. The van der Waals surface area contributed by atoms with Gasteiger partial charge in [-0.2, -0.15) is 5.26 Å². The molecule has 0 aliphatic rings. The molecule has 1 aromatic heterocycles. The van der Waals surface area contributed by atoms with Gasteiger partial charge >= 0.3 is 5.97 Å². The summed E-state index contributed by atoms with van der Waals surface area (Å²) < 4.78 is 12.1. The van der Waals surface area contributed by atoms with Gasteiger partial charge in [0.25, 0.3) is 0 Å². The molecular weight excluding hydrogens is 342 g/mol. The number of aromatic nitrogens is 1. The molecular formula is C21H19N3O3. The lowest BCUT2D eigenvalue weighted by molar-refractivity contribution is 0.0593. The quantitative estimate of drug-likeness (QED) is 0.701. The summed E-state index contributed by atoms with van der Waals surface area (Å²) in [5, 5.41) is 9.18. The Morgan fingerprint density at radius 2 is 1.81 bits per heavy atom. The Hall–Kier alpha value is -3.72. The highest BCUT2D eigenvalue weighted by Crippen LogP contribution is 2.26. The molecule has 27 heavy (non-hydrogen) atoms. The lowest BCUT2D eigenvalue weighted by Crippen LogP contribution is -2.11. The normalized spacial score (nSPS) is 10.3. The van der Waals surface area contributed by atoms with Crippen molar-refractivity contribution in [2.45, 2.75) is 13.5 Å². The highest BCUT2D eigenvalue weighted by molar-refractivity contribution is 5.95. The zero-order valence-corrected chi connectivity index (χ0v) is 15.1. The van der Waals surface area contributed by atoms with Crippen molar-refractivity contribution in [3.8, 4) is 17.5 Å². The number of aryl methyl sites for hydroxylation is 1. The van der Waals surface area contributed by atoms with Crippen molar-refractivity contribution in [2.24, 2.45) is 0 Å². The second-order valence-electron chi connectivity index (χ2n) is 6.05. The van der Waals surface area contributed by atoms with Gasteiger partial charge in [0.15, 0.2) is 5.69 Å². The van der Waals surface area contributed by atoms with Crippen LogP contribution in [0.25, 0.3) is 5.69 Å². The maximum Gasteiger partial charge on any atom is 0.357 e. The van der Waals surface area contributed by atoms with Crippen molar-refractivity contribution in [1.82, 2.24) is 4.57 Å².